The molecule has 0 amide bonds. The van der Waals surface area contributed by atoms with E-state index in [1.807, 2.05) is 0 Å². The maximum Gasteiger partial charge on any atom is 0.356 e. The zero-order chi connectivity index (χ0) is 13.8. The molecular weight excluding hydrogens is 270 g/mol. The van der Waals surface area contributed by atoms with Gasteiger partial charge in [0.1, 0.15) is 10.4 Å². The Labute approximate surface area is 112 Å². The lowest BCUT2D eigenvalue weighted by Gasteiger charge is -2.07. The maximum atomic E-state index is 11.9. The van der Waals surface area contributed by atoms with Crippen LogP contribution in [0, 0.1) is 0 Å². The van der Waals surface area contributed by atoms with Crippen molar-refractivity contribution in [1.29, 1.82) is 0 Å². The Morgan fingerprint density at radius 3 is 2.58 bits per heavy atom. The number of carbonyl (C=O) groups is 2. The van der Waals surface area contributed by atoms with E-state index in [9.17, 15) is 9.59 Å². The standard InChI is InChI=1S/C12H9NO5S/c1-17-8-4-2-3-5-9(8)18-12(16)10-7(11(14)15)6-13-19-10/h2-6H,1H3,(H,14,15). The van der Waals surface area contributed by atoms with Gasteiger partial charge in [-0.25, -0.2) is 9.59 Å². The number of hydrogen-bond acceptors (Lipinski definition) is 6. The van der Waals surface area contributed by atoms with Crippen LogP contribution < -0.4 is 9.47 Å². The fourth-order valence-corrected chi connectivity index (χ4v) is 2.01. The minimum Gasteiger partial charge on any atom is -0.493 e. The summed E-state index contributed by atoms with van der Waals surface area (Å²) in [5.41, 5.74) is -0.176. The van der Waals surface area contributed by atoms with E-state index in [1.54, 1.807) is 24.3 Å². The summed E-state index contributed by atoms with van der Waals surface area (Å²) in [6.07, 6.45) is 1.12. The molecule has 7 heteroatoms. The highest BCUT2D eigenvalue weighted by atomic mass is 32.1. The number of hydrogen-bond donors (Lipinski definition) is 1. The van der Waals surface area contributed by atoms with Gasteiger partial charge in [-0.15, -0.1) is 0 Å². The molecule has 0 fully saturated rings. The summed E-state index contributed by atoms with van der Waals surface area (Å²) in [5.74, 6) is -1.39. The highest BCUT2D eigenvalue weighted by molar-refractivity contribution is 7.08. The number of esters is 1. The van der Waals surface area contributed by atoms with Gasteiger partial charge in [-0.05, 0) is 23.7 Å². The summed E-state index contributed by atoms with van der Waals surface area (Å²) < 4.78 is 13.8. The fraction of sp³-hybridized carbons (Fsp3) is 0.0833. The lowest BCUT2D eigenvalue weighted by atomic mass is 10.3. The average Bonchev–Trinajstić information content (AvgIpc) is 2.88. The molecule has 0 atom stereocenters. The summed E-state index contributed by atoms with van der Waals surface area (Å²) in [4.78, 5) is 22.7. The van der Waals surface area contributed by atoms with Crippen LogP contribution in [0.4, 0.5) is 0 Å². The molecule has 6 nitrogen and oxygen atoms in total. The highest BCUT2D eigenvalue weighted by Crippen LogP contribution is 2.27. The fourth-order valence-electron chi connectivity index (χ4n) is 1.39. The van der Waals surface area contributed by atoms with Crippen molar-refractivity contribution in [2.45, 2.75) is 0 Å². The van der Waals surface area contributed by atoms with Gasteiger partial charge in [-0.3, -0.25) is 0 Å². The monoisotopic (exact) mass is 279 g/mol. The van der Waals surface area contributed by atoms with Crippen LogP contribution in [0.25, 0.3) is 0 Å². The Hall–Kier alpha value is -2.41. The number of rotatable bonds is 4. The number of aromatic nitrogens is 1. The number of benzene rings is 1. The van der Waals surface area contributed by atoms with Crippen molar-refractivity contribution in [1.82, 2.24) is 4.37 Å². The second kappa shape index (κ2) is 5.49. The van der Waals surface area contributed by atoms with Crippen LogP contribution >= 0.6 is 11.5 Å². The van der Waals surface area contributed by atoms with Crippen molar-refractivity contribution >= 4 is 23.5 Å². The number of ether oxygens (including phenoxy) is 2. The van der Waals surface area contributed by atoms with Crippen LogP contribution in [0.2, 0.25) is 0 Å². The highest BCUT2D eigenvalue weighted by Gasteiger charge is 2.22. The molecule has 2 rings (SSSR count). The third-order valence-corrected chi connectivity index (χ3v) is 3.04. The minimum absolute atomic E-state index is 0.0570. The maximum absolute atomic E-state index is 11.9. The number of carbonyl (C=O) groups excluding carboxylic acids is 1. The summed E-state index contributed by atoms with van der Waals surface area (Å²) in [7, 11) is 1.45. The topological polar surface area (TPSA) is 85.7 Å². The molecule has 1 N–H and O–H groups in total. The Bertz CT molecular complexity index is 622. The molecule has 19 heavy (non-hydrogen) atoms. The number of nitrogens with zero attached hydrogens (tertiary/aromatic N) is 1. The molecule has 1 heterocycles. The molecular formula is C12H9NO5S. The van der Waals surface area contributed by atoms with E-state index >= 15 is 0 Å². The molecule has 0 aliphatic rings. The van der Waals surface area contributed by atoms with Crippen LogP contribution in [0.5, 0.6) is 11.5 Å². The smallest absolute Gasteiger partial charge is 0.356 e. The van der Waals surface area contributed by atoms with Crippen LogP contribution in [0.1, 0.15) is 20.0 Å². The normalized spacial score (nSPS) is 9.95. The summed E-state index contributed by atoms with van der Waals surface area (Å²) in [5, 5.41) is 8.90. The predicted octanol–water partition coefficient (Wildman–Crippen LogP) is 2.07. The third kappa shape index (κ3) is 2.71. The SMILES string of the molecule is COc1ccccc1OC(=O)c1sncc1C(=O)O. The van der Waals surface area contributed by atoms with E-state index in [1.165, 1.54) is 7.11 Å². The van der Waals surface area contributed by atoms with Crippen molar-refractivity contribution in [3.63, 3.8) is 0 Å². The molecule has 0 saturated heterocycles. The van der Waals surface area contributed by atoms with Crippen molar-refractivity contribution in [2.75, 3.05) is 7.11 Å². The number of methoxy groups -OCH3 is 1. The van der Waals surface area contributed by atoms with Gasteiger partial charge in [0.2, 0.25) is 0 Å². The van der Waals surface area contributed by atoms with Crippen molar-refractivity contribution in [3.8, 4) is 11.5 Å². The molecule has 0 aliphatic carbocycles. The third-order valence-electron chi connectivity index (χ3n) is 2.26. The van der Waals surface area contributed by atoms with E-state index in [4.69, 9.17) is 14.6 Å². The molecule has 0 aliphatic heterocycles. The second-order valence-electron chi connectivity index (χ2n) is 3.41. The second-order valence-corrected chi connectivity index (χ2v) is 4.22. The van der Waals surface area contributed by atoms with Crippen molar-refractivity contribution in [2.24, 2.45) is 0 Å². The van der Waals surface area contributed by atoms with Gasteiger partial charge >= 0.3 is 11.9 Å². The lowest BCUT2D eigenvalue weighted by molar-refractivity contribution is 0.0670. The average molecular weight is 279 g/mol. The van der Waals surface area contributed by atoms with E-state index in [-0.39, 0.29) is 16.2 Å². The van der Waals surface area contributed by atoms with Gasteiger partial charge in [0.05, 0.1) is 13.3 Å². The van der Waals surface area contributed by atoms with Crippen molar-refractivity contribution < 1.29 is 24.2 Å². The van der Waals surface area contributed by atoms with Crippen LogP contribution in [-0.2, 0) is 0 Å². The first-order valence-electron chi connectivity index (χ1n) is 5.16. The Morgan fingerprint density at radius 1 is 1.26 bits per heavy atom. The van der Waals surface area contributed by atoms with Gasteiger partial charge in [-0.2, -0.15) is 4.37 Å². The Balaban J connectivity index is 2.26. The first-order chi connectivity index (χ1) is 9.13. The lowest BCUT2D eigenvalue weighted by Crippen LogP contribution is -2.11. The first kappa shape index (κ1) is 13.0. The molecule has 0 unspecified atom stereocenters. The molecule has 0 saturated carbocycles. The summed E-state index contributed by atoms with van der Waals surface area (Å²) in [6, 6.07) is 6.59. The molecule has 2 aromatic rings. The largest absolute Gasteiger partial charge is 0.493 e. The van der Waals surface area contributed by atoms with Gasteiger partial charge < -0.3 is 14.6 Å². The van der Waals surface area contributed by atoms with E-state index in [0.717, 1.165) is 17.7 Å². The number of para-hydroxylation sites is 2. The van der Waals surface area contributed by atoms with Gasteiger partial charge in [-0.1, -0.05) is 12.1 Å². The van der Waals surface area contributed by atoms with Gasteiger partial charge in [0.25, 0.3) is 0 Å². The predicted molar refractivity (Wildman–Crippen MR) is 67.0 cm³/mol. The molecule has 0 radical (unpaired) electrons. The zero-order valence-electron chi connectivity index (χ0n) is 9.82. The molecule has 1 aromatic carbocycles. The summed E-state index contributed by atoms with van der Waals surface area (Å²) >= 11 is 0.772. The van der Waals surface area contributed by atoms with Crippen LogP contribution in [0.3, 0.4) is 0 Å². The molecule has 98 valence electrons. The number of carboxylic acid groups (broad SMARTS) is 1. The zero-order valence-corrected chi connectivity index (χ0v) is 10.6. The van der Waals surface area contributed by atoms with E-state index < -0.39 is 11.9 Å². The van der Waals surface area contributed by atoms with Crippen LogP contribution in [-0.4, -0.2) is 28.5 Å². The van der Waals surface area contributed by atoms with E-state index in [2.05, 4.69) is 4.37 Å². The number of carboxylic acids is 1. The first-order valence-corrected chi connectivity index (χ1v) is 5.94. The molecule has 0 spiro atoms. The quantitative estimate of drug-likeness (QED) is 0.681. The van der Waals surface area contributed by atoms with Crippen LogP contribution in [0.15, 0.2) is 30.5 Å². The molecule has 0 bridgehead atoms. The Morgan fingerprint density at radius 2 is 1.95 bits per heavy atom. The van der Waals surface area contributed by atoms with Crippen molar-refractivity contribution in [3.05, 3.63) is 40.9 Å². The molecule has 1 aromatic heterocycles. The Kier molecular flexibility index (Phi) is 3.76. The minimum atomic E-state index is -1.22. The number of aromatic carboxylic acids is 1. The van der Waals surface area contributed by atoms with Gasteiger partial charge in [0, 0.05) is 0 Å². The summed E-state index contributed by atoms with van der Waals surface area (Å²) in [6.45, 7) is 0. The van der Waals surface area contributed by atoms with E-state index in [0.29, 0.717) is 5.75 Å². The van der Waals surface area contributed by atoms with Gasteiger partial charge in [0.15, 0.2) is 11.5 Å².